The first kappa shape index (κ1) is 15.1. The van der Waals surface area contributed by atoms with E-state index in [0.717, 1.165) is 12.0 Å². The highest BCUT2D eigenvalue weighted by atomic mass is 35.5. The lowest BCUT2D eigenvalue weighted by atomic mass is 10.1. The number of anilines is 1. The third-order valence-corrected chi connectivity index (χ3v) is 3.50. The Morgan fingerprint density at radius 1 is 1.24 bits per heavy atom. The number of nitrogens with zero attached hydrogens (tertiary/aromatic N) is 1. The summed E-state index contributed by atoms with van der Waals surface area (Å²) in [5.74, 6) is 0.655. The molecule has 0 saturated heterocycles. The number of hydrogen-bond donors (Lipinski definition) is 1. The van der Waals surface area contributed by atoms with Gasteiger partial charge in [-0.2, -0.15) is 0 Å². The van der Waals surface area contributed by atoms with Crippen molar-refractivity contribution in [2.24, 2.45) is 0 Å². The van der Waals surface area contributed by atoms with Gasteiger partial charge in [-0.05, 0) is 36.2 Å². The van der Waals surface area contributed by atoms with Crippen LogP contribution in [0.3, 0.4) is 0 Å². The molecule has 0 amide bonds. The van der Waals surface area contributed by atoms with E-state index in [2.05, 4.69) is 0 Å². The van der Waals surface area contributed by atoms with Crippen LogP contribution in [0.1, 0.15) is 18.1 Å². The molecule has 0 unspecified atom stereocenters. The van der Waals surface area contributed by atoms with Crippen LogP contribution in [0.5, 0.6) is 5.75 Å². The maximum absolute atomic E-state index is 10.8. The fourth-order valence-electron chi connectivity index (χ4n) is 1.90. The number of hydrogen-bond acceptors (Lipinski definition) is 4. The van der Waals surface area contributed by atoms with Crippen molar-refractivity contribution in [3.8, 4) is 5.75 Å². The van der Waals surface area contributed by atoms with Crippen LogP contribution in [0.25, 0.3) is 0 Å². The molecule has 0 saturated carbocycles. The summed E-state index contributed by atoms with van der Waals surface area (Å²) in [5, 5.41) is 11.5. The van der Waals surface area contributed by atoms with Gasteiger partial charge in [-0.25, -0.2) is 0 Å². The molecule has 0 aromatic heterocycles. The summed E-state index contributed by atoms with van der Waals surface area (Å²) < 4.78 is 5.64. The number of benzene rings is 2. The summed E-state index contributed by atoms with van der Waals surface area (Å²) in [7, 11) is 0. The number of nitro groups is 1. The molecule has 2 aromatic rings. The van der Waals surface area contributed by atoms with Crippen LogP contribution in [0.4, 0.5) is 11.4 Å². The smallest absolute Gasteiger partial charge is 0.269 e. The lowest BCUT2D eigenvalue weighted by Crippen LogP contribution is -2.02. The van der Waals surface area contributed by atoms with Gasteiger partial charge in [0.05, 0.1) is 4.92 Å². The van der Waals surface area contributed by atoms with Crippen molar-refractivity contribution >= 4 is 23.0 Å². The van der Waals surface area contributed by atoms with Crippen LogP contribution in [0.15, 0.2) is 36.4 Å². The van der Waals surface area contributed by atoms with E-state index in [0.29, 0.717) is 22.0 Å². The van der Waals surface area contributed by atoms with Gasteiger partial charge in [0.2, 0.25) is 0 Å². The first-order chi connectivity index (χ1) is 10.0. The zero-order valence-electron chi connectivity index (χ0n) is 11.5. The van der Waals surface area contributed by atoms with Crippen molar-refractivity contribution in [3.05, 3.63) is 62.7 Å². The van der Waals surface area contributed by atoms with Crippen LogP contribution < -0.4 is 10.5 Å². The van der Waals surface area contributed by atoms with Crippen LogP contribution in [0.2, 0.25) is 5.02 Å². The summed E-state index contributed by atoms with van der Waals surface area (Å²) in [6.45, 7) is 2.17. The molecule has 2 aromatic carbocycles. The molecule has 6 heteroatoms. The third kappa shape index (κ3) is 3.64. The predicted molar refractivity (Wildman–Crippen MR) is 82.7 cm³/mol. The molecule has 0 radical (unpaired) electrons. The van der Waals surface area contributed by atoms with Crippen molar-refractivity contribution in [3.63, 3.8) is 0 Å². The molecule has 2 rings (SSSR count). The lowest BCUT2D eigenvalue weighted by Gasteiger charge is -2.10. The Bertz CT molecular complexity index is 674. The Morgan fingerprint density at radius 3 is 2.67 bits per heavy atom. The topological polar surface area (TPSA) is 78.4 Å². The van der Waals surface area contributed by atoms with Gasteiger partial charge in [0, 0.05) is 28.4 Å². The van der Waals surface area contributed by atoms with Crippen LogP contribution in [0, 0.1) is 10.1 Å². The molecule has 0 atom stereocenters. The summed E-state index contributed by atoms with van der Waals surface area (Å²) in [6, 6.07) is 9.69. The summed E-state index contributed by atoms with van der Waals surface area (Å²) in [4.78, 5) is 10.3. The van der Waals surface area contributed by atoms with E-state index in [9.17, 15) is 10.1 Å². The fraction of sp³-hybridized carbons (Fsp3) is 0.200. The molecular weight excluding hydrogens is 292 g/mol. The summed E-state index contributed by atoms with van der Waals surface area (Å²) >= 11 is 6.04. The highest BCUT2D eigenvalue weighted by Crippen LogP contribution is 2.25. The molecular formula is C15H15ClN2O3. The molecule has 0 heterocycles. The number of nitrogen functional groups attached to an aromatic ring is 1. The van der Waals surface area contributed by atoms with E-state index < -0.39 is 4.92 Å². The molecule has 0 aliphatic carbocycles. The third-order valence-electron chi connectivity index (χ3n) is 3.13. The van der Waals surface area contributed by atoms with Gasteiger partial charge in [-0.3, -0.25) is 10.1 Å². The molecule has 21 heavy (non-hydrogen) atoms. The second kappa shape index (κ2) is 6.45. The van der Waals surface area contributed by atoms with E-state index in [1.54, 1.807) is 12.1 Å². The van der Waals surface area contributed by atoms with Gasteiger partial charge in [0.25, 0.3) is 5.69 Å². The van der Waals surface area contributed by atoms with Gasteiger partial charge < -0.3 is 10.5 Å². The van der Waals surface area contributed by atoms with Gasteiger partial charge in [0.1, 0.15) is 12.4 Å². The largest absolute Gasteiger partial charge is 0.489 e. The second-order valence-corrected chi connectivity index (χ2v) is 4.94. The minimum atomic E-state index is -0.458. The van der Waals surface area contributed by atoms with Crippen molar-refractivity contribution < 1.29 is 9.66 Å². The van der Waals surface area contributed by atoms with E-state index in [1.165, 1.54) is 18.2 Å². The molecule has 0 spiro atoms. The number of halogens is 1. The quantitative estimate of drug-likeness (QED) is 0.515. The molecule has 110 valence electrons. The number of nitrogens with two attached hydrogens (primary N) is 1. The van der Waals surface area contributed by atoms with Crippen molar-refractivity contribution in [2.75, 3.05) is 5.73 Å². The maximum Gasteiger partial charge on any atom is 0.269 e. The predicted octanol–water partition coefficient (Wildman–Crippen LogP) is 3.97. The number of aryl methyl sites for hydroxylation is 1. The number of nitro benzene ring substituents is 1. The van der Waals surface area contributed by atoms with Crippen LogP contribution in [-0.2, 0) is 13.0 Å². The summed E-state index contributed by atoms with van der Waals surface area (Å²) in [6.07, 6.45) is 0.801. The number of ether oxygens (including phenoxy) is 1. The average Bonchev–Trinajstić information content (AvgIpc) is 2.47. The summed E-state index contributed by atoms with van der Waals surface area (Å²) in [5.41, 5.74) is 7.84. The zero-order chi connectivity index (χ0) is 15.4. The lowest BCUT2D eigenvalue weighted by molar-refractivity contribution is -0.384. The van der Waals surface area contributed by atoms with Gasteiger partial charge >= 0.3 is 0 Å². The SMILES string of the molecule is CCc1cc(OCc2cc([N+](=O)[O-])ccc2N)ccc1Cl. The average molecular weight is 307 g/mol. The maximum atomic E-state index is 10.8. The Balaban J connectivity index is 2.16. The zero-order valence-corrected chi connectivity index (χ0v) is 12.3. The molecule has 2 N–H and O–H groups in total. The monoisotopic (exact) mass is 306 g/mol. The second-order valence-electron chi connectivity index (χ2n) is 4.54. The standard InChI is InChI=1S/C15H15ClN2O3/c1-2-10-8-13(4-5-14(10)16)21-9-11-7-12(18(19)20)3-6-15(11)17/h3-8H,2,9,17H2,1H3. The van der Waals surface area contributed by atoms with E-state index in [1.807, 2.05) is 13.0 Å². The van der Waals surface area contributed by atoms with Crippen molar-refractivity contribution in [1.29, 1.82) is 0 Å². The van der Waals surface area contributed by atoms with Crippen LogP contribution >= 0.6 is 11.6 Å². The van der Waals surface area contributed by atoms with Crippen molar-refractivity contribution in [1.82, 2.24) is 0 Å². The number of non-ortho nitro benzene ring substituents is 1. The highest BCUT2D eigenvalue weighted by Gasteiger charge is 2.10. The first-order valence-corrected chi connectivity index (χ1v) is 6.83. The normalized spacial score (nSPS) is 10.4. The Labute approximate surface area is 127 Å². The minimum Gasteiger partial charge on any atom is -0.489 e. The Hall–Kier alpha value is -2.27. The number of rotatable bonds is 5. The first-order valence-electron chi connectivity index (χ1n) is 6.45. The van der Waals surface area contributed by atoms with Gasteiger partial charge in [-0.15, -0.1) is 0 Å². The Kier molecular flexibility index (Phi) is 4.65. The highest BCUT2D eigenvalue weighted by molar-refractivity contribution is 6.31. The molecule has 0 aliphatic heterocycles. The molecule has 5 nitrogen and oxygen atoms in total. The van der Waals surface area contributed by atoms with Crippen LogP contribution in [-0.4, -0.2) is 4.92 Å². The molecule has 0 aliphatic rings. The van der Waals surface area contributed by atoms with E-state index in [4.69, 9.17) is 22.1 Å². The van der Waals surface area contributed by atoms with Gasteiger partial charge in [-0.1, -0.05) is 18.5 Å². The van der Waals surface area contributed by atoms with E-state index >= 15 is 0 Å². The molecule has 0 bridgehead atoms. The molecule has 0 fully saturated rings. The van der Waals surface area contributed by atoms with Crippen molar-refractivity contribution in [2.45, 2.75) is 20.0 Å². The van der Waals surface area contributed by atoms with E-state index in [-0.39, 0.29) is 12.3 Å². The fourth-order valence-corrected chi connectivity index (χ4v) is 2.15. The minimum absolute atomic E-state index is 0.00634. The van der Waals surface area contributed by atoms with Gasteiger partial charge in [0.15, 0.2) is 0 Å². The Morgan fingerprint density at radius 2 is 2.00 bits per heavy atom.